The van der Waals surface area contributed by atoms with Crippen molar-refractivity contribution in [3.05, 3.63) is 60.4 Å². The van der Waals surface area contributed by atoms with Gasteiger partial charge in [0.1, 0.15) is 11.9 Å². The van der Waals surface area contributed by atoms with E-state index in [1.54, 1.807) is 12.3 Å². The maximum absolute atomic E-state index is 5.18. The third kappa shape index (κ3) is 3.14. The summed E-state index contributed by atoms with van der Waals surface area (Å²) in [5.74, 6) is 3.53. The molecule has 0 bridgehead atoms. The zero-order valence-electron chi connectivity index (χ0n) is 8.68. The van der Waals surface area contributed by atoms with Crippen LogP contribution < -0.4 is 4.74 Å². The Morgan fingerprint density at radius 3 is 2.88 bits per heavy atom. The molecule has 16 heavy (non-hydrogen) atoms. The first-order chi connectivity index (χ1) is 7.95. The Hall–Kier alpha value is -2.27. The lowest BCUT2D eigenvalue weighted by Crippen LogP contribution is -1.87. The zero-order valence-corrected chi connectivity index (χ0v) is 8.68. The average molecular weight is 208 g/mol. The fourth-order valence-electron chi connectivity index (χ4n) is 1.16. The molecule has 1 aromatic carbocycles. The molecule has 0 aliphatic heterocycles. The Kier molecular flexibility index (Phi) is 3.57. The van der Waals surface area contributed by atoms with Gasteiger partial charge in [0.05, 0.1) is 12.1 Å². The highest BCUT2D eigenvalue weighted by molar-refractivity contribution is 5.22. The fraction of sp³-hybridized carbons (Fsp3) is 0.0714. The van der Waals surface area contributed by atoms with Crippen molar-refractivity contribution in [2.75, 3.05) is 0 Å². The first kappa shape index (κ1) is 10.3. The Morgan fingerprint density at radius 2 is 2.12 bits per heavy atom. The van der Waals surface area contributed by atoms with Crippen molar-refractivity contribution in [3.63, 3.8) is 0 Å². The van der Waals surface area contributed by atoms with Crippen LogP contribution in [0.1, 0.15) is 5.69 Å². The number of rotatable bonds is 2. The summed E-state index contributed by atoms with van der Waals surface area (Å²) in [7, 11) is 0. The van der Waals surface area contributed by atoms with Crippen LogP contribution in [-0.4, -0.2) is 4.98 Å². The molecule has 0 saturated heterocycles. The molecule has 2 heteroatoms. The molecule has 2 aromatic rings. The van der Waals surface area contributed by atoms with Crippen molar-refractivity contribution in [1.29, 1.82) is 0 Å². The Labute approximate surface area is 94.9 Å². The lowest BCUT2D eigenvalue weighted by Gasteiger charge is -1.93. The van der Waals surface area contributed by atoms with Crippen molar-refractivity contribution < 1.29 is 4.74 Å². The molecule has 2 rings (SSSR count). The maximum Gasteiger partial charge on any atom is 0.148 e. The van der Waals surface area contributed by atoms with Gasteiger partial charge in [-0.25, -0.2) is 0 Å². The molecule has 0 unspecified atom stereocenters. The Bertz CT molecular complexity index is 437. The molecule has 77 valence electrons. The van der Waals surface area contributed by atoms with E-state index in [0.717, 1.165) is 5.69 Å². The number of para-hydroxylation sites is 1. The van der Waals surface area contributed by atoms with Crippen molar-refractivity contribution in [3.8, 4) is 17.8 Å². The van der Waals surface area contributed by atoms with Crippen LogP contribution in [0, 0.1) is 18.1 Å². The van der Waals surface area contributed by atoms with Gasteiger partial charge in [0.2, 0.25) is 0 Å². The van der Waals surface area contributed by atoms with Crippen molar-refractivity contribution >= 4 is 0 Å². The quantitative estimate of drug-likeness (QED) is 0.707. The summed E-state index contributed by atoms with van der Waals surface area (Å²) in [4.78, 5) is 4.16. The van der Waals surface area contributed by atoms with E-state index in [-0.39, 0.29) is 0 Å². The molecule has 0 fully saturated rings. The number of pyridine rings is 1. The minimum Gasteiger partial charge on any atom is -0.407 e. The van der Waals surface area contributed by atoms with Crippen LogP contribution in [0.5, 0.6) is 5.75 Å². The molecule has 0 N–H and O–H groups in total. The normalized spacial score (nSPS) is 9.00. The van der Waals surface area contributed by atoms with E-state index < -0.39 is 0 Å². The van der Waals surface area contributed by atoms with Gasteiger partial charge < -0.3 is 4.74 Å². The van der Waals surface area contributed by atoms with Crippen LogP contribution in [-0.2, 0) is 6.42 Å². The molecule has 0 saturated carbocycles. The smallest absolute Gasteiger partial charge is 0.148 e. The molecular formula is C14H10NO. The highest BCUT2D eigenvalue weighted by Gasteiger charge is 1.88. The molecule has 0 atom stereocenters. The summed E-state index contributed by atoms with van der Waals surface area (Å²) >= 11 is 0. The summed E-state index contributed by atoms with van der Waals surface area (Å²) in [6.45, 7) is 0. The van der Waals surface area contributed by atoms with Gasteiger partial charge in [-0.15, -0.1) is 0 Å². The monoisotopic (exact) mass is 208 g/mol. The van der Waals surface area contributed by atoms with E-state index in [0.29, 0.717) is 12.2 Å². The van der Waals surface area contributed by atoms with E-state index >= 15 is 0 Å². The van der Waals surface area contributed by atoms with Gasteiger partial charge in [0.15, 0.2) is 0 Å². The standard InChI is InChI=1S/C14H10NO/c1-2-9-14(10-3-1)16-12-6-8-13-7-4-5-11-15-13/h1-5,7,9,11H,8H2. The molecule has 0 spiro atoms. The van der Waals surface area contributed by atoms with Crippen LogP contribution in [0.2, 0.25) is 0 Å². The molecule has 0 amide bonds. The van der Waals surface area contributed by atoms with Gasteiger partial charge in [-0.3, -0.25) is 4.98 Å². The minimum atomic E-state index is 0.591. The van der Waals surface area contributed by atoms with Crippen molar-refractivity contribution in [1.82, 2.24) is 4.98 Å². The van der Waals surface area contributed by atoms with Gasteiger partial charge in [-0.05, 0) is 18.2 Å². The van der Waals surface area contributed by atoms with Crippen molar-refractivity contribution in [2.24, 2.45) is 0 Å². The minimum absolute atomic E-state index is 0.591. The number of aromatic nitrogens is 1. The number of benzene rings is 1. The van der Waals surface area contributed by atoms with Gasteiger partial charge in [0, 0.05) is 12.3 Å². The van der Waals surface area contributed by atoms with Crippen LogP contribution in [0.25, 0.3) is 0 Å². The van der Waals surface area contributed by atoms with Gasteiger partial charge >= 0.3 is 0 Å². The maximum atomic E-state index is 5.18. The summed E-state index contributed by atoms with van der Waals surface area (Å²) in [5.41, 5.74) is 0.940. The highest BCUT2D eigenvalue weighted by atomic mass is 16.5. The fourth-order valence-corrected chi connectivity index (χ4v) is 1.16. The predicted molar refractivity (Wildman–Crippen MR) is 61.6 cm³/mol. The molecular weight excluding hydrogens is 198 g/mol. The largest absolute Gasteiger partial charge is 0.407 e. The summed E-state index contributed by atoms with van der Waals surface area (Å²) < 4.78 is 5.18. The van der Waals surface area contributed by atoms with Crippen LogP contribution in [0.3, 0.4) is 0 Å². The summed E-state index contributed by atoms with van der Waals surface area (Å²) in [5, 5.41) is 0. The lowest BCUT2D eigenvalue weighted by molar-refractivity contribution is 0.518. The van der Waals surface area contributed by atoms with Gasteiger partial charge in [-0.2, -0.15) is 0 Å². The third-order valence-electron chi connectivity index (χ3n) is 1.91. The molecule has 0 aliphatic carbocycles. The number of hydrogen-bond acceptors (Lipinski definition) is 2. The second-order valence-corrected chi connectivity index (χ2v) is 3.11. The van der Waals surface area contributed by atoms with E-state index in [1.165, 1.54) is 0 Å². The first-order valence-electron chi connectivity index (χ1n) is 4.96. The van der Waals surface area contributed by atoms with E-state index in [9.17, 15) is 0 Å². The first-order valence-corrected chi connectivity index (χ1v) is 4.96. The Balaban J connectivity index is 1.88. The number of ether oxygens (including phenoxy) is 1. The van der Waals surface area contributed by atoms with Crippen LogP contribution >= 0.6 is 0 Å². The zero-order chi connectivity index (χ0) is 11.1. The van der Waals surface area contributed by atoms with Crippen LogP contribution in [0.15, 0.2) is 48.7 Å². The van der Waals surface area contributed by atoms with Gasteiger partial charge in [0.25, 0.3) is 0 Å². The van der Waals surface area contributed by atoms with E-state index in [4.69, 9.17) is 4.74 Å². The van der Waals surface area contributed by atoms with Crippen LogP contribution in [0.4, 0.5) is 0 Å². The predicted octanol–water partition coefficient (Wildman–Crippen LogP) is 2.46. The third-order valence-corrected chi connectivity index (χ3v) is 1.91. The summed E-state index contributed by atoms with van der Waals surface area (Å²) in [6.07, 6.45) is 4.97. The molecule has 0 aliphatic rings. The number of hydrogen-bond donors (Lipinski definition) is 0. The van der Waals surface area contributed by atoms with E-state index in [1.807, 2.05) is 36.4 Å². The lowest BCUT2D eigenvalue weighted by atomic mass is 10.3. The topological polar surface area (TPSA) is 22.1 Å². The van der Waals surface area contributed by atoms with Gasteiger partial charge in [-0.1, -0.05) is 30.2 Å². The summed E-state index contributed by atoms with van der Waals surface area (Å²) in [6, 6.07) is 16.0. The second kappa shape index (κ2) is 5.57. The SMILES string of the molecule is C(#COc1[c]cccc1)Cc1ccccn1. The molecule has 1 radical (unpaired) electrons. The molecule has 2 nitrogen and oxygen atoms in total. The molecule has 1 heterocycles. The van der Waals surface area contributed by atoms with Crippen molar-refractivity contribution in [2.45, 2.75) is 6.42 Å². The Morgan fingerprint density at radius 1 is 1.19 bits per heavy atom. The second-order valence-electron chi connectivity index (χ2n) is 3.11. The van der Waals surface area contributed by atoms with E-state index in [2.05, 4.69) is 23.1 Å². The number of nitrogens with zero attached hydrogens (tertiary/aromatic N) is 1. The highest BCUT2D eigenvalue weighted by Crippen LogP contribution is 2.05. The average Bonchev–Trinajstić information content (AvgIpc) is 2.37. The molecule has 1 aromatic heterocycles.